The molecule has 3 aliphatic rings. The third kappa shape index (κ3) is 5.13. The molecule has 3 aliphatic carbocycles. The van der Waals surface area contributed by atoms with Crippen LogP contribution in [-0.4, -0.2) is 28.9 Å². The van der Waals surface area contributed by atoms with Gasteiger partial charge in [0.25, 0.3) is 5.91 Å². The number of carboxylic acids is 1. The van der Waals surface area contributed by atoms with E-state index in [0.29, 0.717) is 23.4 Å². The zero-order valence-corrected chi connectivity index (χ0v) is 19.0. The molecule has 0 aromatic carbocycles. The molecule has 0 saturated heterocycles. The van der Waals surface area contributed by atoms with Crippen molar-refractivity contribution in [1.82, 2.24) is 5.32 Å². The molecule has 0 spiro atoms. The molecule has 2 atom stereocenters. The molecule has 170 valence electrons. The van der Waals surface area contributed by atoms with Crippen molar-refractivity contribution >= 4 is 34.1 Å². The Morgan fingerprint density at radius 3 is 2.19 bits per heavy atom. The van der Waals surface area contributed by atoms with Gasteiger partial charge in [0.05, 0.1) is 17.4 Å². The van der Waals surface area contributed by atoms with Crippen LogP contribution in [0.15, 0.2) is 0 Å². The van der Waals surface area contributed by atoms with Crippen LogP contribution in [0.1, 0.15) is 97.8 Å². The van der Waals surface area contributed by atoms with E-state index in [1.165, 1.54) is 22.6 Å². The number of hydrogen-bond acceptors (Lipinski definition) is 4. The molecule has 4 rings (SSSR count). The highest BCUT2D eigenvalue weighted by molar-refractivity contribution is 7.17. The Hall–Kier alpha value is -1.89. The predicted molar refractivity (Wildman–Crippen MR) is 122 cm³/mol. The molecule has 0 radical (unpaired) electrons. The van der Waals surface area contributed by atoms with E-state index in [-0.39, 0.29) is 17.9 Å². The minimum absolute atomic E-state index is 0.0694. The molecule has 1 aromatic heterocycles. The Morgan fingerprint density at radius 2 is 1.45 bits per heavy atom. The SMILES string of the molecule is O=C(NC1CCCCC1)c1c(NC(=O)[C@@H]2CCCC[C@@H]2C(=O)O)sc2c1CCCCC2. The van der Waals surface area contributed by atoms with E-state index in [4.69, 9.17) is 0 Å². The third-order valence-electron chi connectivity index (χ3n) is 7.25. The average molecular weight is 447 g/mol. The summed E-state index contributed by atoms with van der Waals surface area (Å²) in [5, 5.41) is 16.4. The van der Waals surface area contributed by atoms with Crippen molar-refractivity contribution in [3.8, 4) is 0 Å². The van der Waals surface area contributed by atoms with Crippen LogP contribution < -0.4 is 10.6 Å². The van der Waals surface area contributed by atoms with E-state index in [2.05, 4.69) is 10.6 Å². The molecule has 2 amide bonds. The number of amides is 2. The van der Waals surface area contributed by atoms with Gasteiger partial charge in [-0.1, -0.05) is 38.5 Å². The van der Waals surface area contributed by atoms with Crippen molar-refractivity contribution in [2.24, 2.45) is 11.8 Å². The quantitative estimate of drug-likeness (QED) is 0.560. The highest BCUT2D eigenvalue weighted by Gasteiger charge is 2.37. The van der Waals surface area contributed by atoms with Gasteiger partial charge >= 0.3 is 5.97 Å². The Kier molecular flexibility index (Phi) is 7.31. The highest BCUT2D eigenvalue weighted by atomic mass is 32.1. The van der Waals surface area contributed by atoms with Crippen LogP contribution in [0.4, 0.5) is 5.00 Å². The molecule has 7 heteroatoms. The largest absolute Gasteiger partial charge is 0.481 e. The molecule has 0 aliphatic heterocycles. The second-order valence-electron chi connectivity index (χ2n) is 9.40. The van der Waals surface area contributed by atoms with E-state index < -0.39 is 17.8 Å². The number of carbonyl (C=O) groups is 3. The monoisotopic (exact) mass is 446 g/mol. The summed E-state index contributed by atoms with van der Waals surface area (Å²) in [6.07, 6.45) is 13.6. The first-order valence-corrected chi connectivity index (χ1v) is 12.9. The van der Waals surface area contributed by atoms with Crippen molar-refractivity contribution in [2.75, 3.05) is 5.32 Å². The molecule has 1 aromatic rings. The number of carboxylic acid groups (broad SMARTS) is 1. The molecule has 0 unspecified atom stereocenters. The summed E-state index contributed by atoms with van der Waals surface area (Å²) in [5.41, 5.74) is 1.74. The fourth-order valence-corrected chi connectivity index (χ4v) is 6.81. The number of aliphatic carboxylic acids is 1. The van der Waals surface area contributed by atoms with Crippen molar-refractivity contribution in [1.29, 1.82) is 0 Å². The maximum atomic E-state index is 13.4. The van der Waals surface area contributed by atoms with Crippen LogP contribution in [0.5, 0.6) is 0 Å². The second kappa shape index (κ2) is 10.2. The van der Waals surface area contributed by atoms with Gasteiger partial charge in [0.2, 0.25) is 5.91 Å². The van der Waals surface area contributed by atoms with Crippen molar-refractivity contribution in [2.45, 2.75) is 95.9 Å². The van der Waals surface area contributed by atoms with Gasteiger partial charge in [-0.25, -0.2) is 0 Å². The fraction of sp³-hybridized carbons (Fsp3) is 0.708. The van der Waals surface area contributed by atoms with Crippen molar-refractivity contribution in [3.63, 3.8) is 0 Å². The Balaban J connectivity index is 1.58. The van der Waals surface area contributed by atoms with Crippen LogP contribution in [-0.2, 0) is 22.4 Å². The Bertz CT molecular complexity index is 828. The van der Waals surface area contributed by atoms with Crippen LogP contribution in [0, 0.1) is 11.8 Å². The van der Waals surface area contributed by atoms with Gasteiger partial charge in [-0.3, -0.25) is 14.4 Å². The maximum absolute atomic E-state index is 13.4. The zero-order chi connectivity index (χ0) is 21.8. The van der Waals surface area contributed by atoms with E-state index in [1.807, 2.05) is 0 Å². The molecule has 0 bridgehead atoms. The van der Waals surface area contributed by atoms with Crippen molar-refractivity contribution in [3.05, 3.63) is 16.0 Å². The Morgan fingerprint density at radius 1 is 0.806 bits per heavy atom. The number of thiophene rings is 1. The second-order valence-corrected chi connectivity index (χ2v) is 10.5. The highest BCUT2D eigenvalue weighted by Crippen LogP contribution is 2.39. The van der Waals surface area contributed by atoms with E-state index in [1.54, 1.807) is 0 Å². The lowest BCUT2D eigenvalue weighted by atomic mass is 9.78. The van der Waals surface area contributed by atoms with Gasteiger partial charge in [-0.2, -0.15) is 0 Å². The van der Waals surface area contributed by atoms with Gasteiger partial charge in [0.1, 0.15) is 5.00 Å². The first-order chi connectivity index (χ1) is 15.0. The van der Waals surface area contributed by atoms with Crippen molar-refractivity contribution < 1.29 is 19.5 Å². The summed E-state index contributed by atoms with van der Waals surface area (Å²) >= 11 is 1.53. The van der Waals surface area contributed by atoms with E-state index in [0.717, 1.165) is 76.2 Å². The van der Waals surface area contributed by atoms with Gasteiger partial charge in [-0.05, 0) is 56.9 Å². The lowest BCUT2D eigenvalue weighted by Gasteiger charge is -2.27. The smallest absolute Gasteiger partial charge is 0.307 e. The molecule has 6 nitrogen and oxygen atoms in total. The topological polar surface area (TPSA) is 95.5 Å². The number of hydrogen-bond donors (Lipinski definition) is 3. The summed E-state index contributed by atoms with van der Waals surface area (Å²) in [7, 11) is 0. The van der Waals surface area contributed by atoms with Gasteiger partial charge in [-0.15, -0.1) is 11.3 Å². The fourth-order valence-electron chi connectivity index (χ4n) is 5.52. The number of nitrogens with one attached hydrogen (secondary N) is 2. The number of carbonyl (C=O) groups excluding carboxylic acids is 2. The first kappa shape index (κ1) is 22.3. The molecule has 2 fully saturated rings. The molecule has 3 N–H and O–H groups in total. The predicted octanol–water partition coefficient (Wildman–Crippen LogP) is 4.91. The lowest BCUT2D eigenvalue weighted by molar-refractivity contribution is -0.147. The summed E-state index contributed by atoms with van der Waals surface area (Å²) in [4.78, 5) is 39.4. The van der Waals surface area contributed by atoms with E-state index >= 15 is 0 Å². The lowest BCUT2D eigenvalue weighted by Crippen LogP contribution is -2.38. The van der Waals surface area contributed by atoms with Gasteiger partial charge in [0, 0.05) is 10.9 Å². The molecular weight excluding hydrogens is 412 g/mol. The molecule has 2 saturated carbocycles. The van der Waals surface area contributed by atoms with Gasteiger partial charge < -0.3 is 15.7 Å². The number of fused-ring (bicyclic) bond motifs is 1. The molecular formula is C24H34N2O4S. The summed E-state index contributed by atoms with van der Waals surface area (Å²) in [6.45, 7) is 0. The average Bonchev–Trinajstić information content (AvgIpc) is 2.94. The minimum atomic E-state index is -0.892. The van der Waals surface area contributed by atoms with Gasteiger partial charge in [0.15, 0.2) is 0 Å². The van der Waals surface area contributed by atoms with Crippen LogP contribution in [0.3, 0.4) is 0 Å². The normalized spacial score (nSPS) is 24.6. The van der Waals surface area contributed by atoms with Crippen LogP contribution in [0.2, 0.25) is 0 Å². The Labute approximate surface area is 188 Å². The number of aryl methyl sites for hydroxylation is 1. The number of anilines is 1. The summed E-state index contributed by atoms with van der Waals surface area (Å²) in [6, 6.07) is 0.209. The third-order valence-corrected chi connectivity index (χ3v) is 8.45. The number of rotatable bonds is 5. The summed E-state index contributed by atoms with van der Waals surface area (Å²) < 4.78 is 0. The van der Waals surface area contributed by atoms with Crippen LogP contribution >= 0.6 is 11.3 Å². The molecule has 1 heterocycles. The summed E-state index contributed by atoms with van der Waals surface area (Å²) in [5.74, 6) is -2.36. The molecule has 31 heavy (non-hydrogen) atoms. The maximum Gasteiger partial charge on any atom is 0.307 e. The van der Waals surface area contributed by atoms with E-state index in [9.17, 15) is 19.5 Å². The van der Waals surface area contributed by atoms with Crippen LogP contribution in [0.25, 0.3) is 0 Å². The standard InChI is InChI=1S/C24H34N2O4S/c27-21(16-11-7-8-12-17(16)24(29)30)26-23-20(18-13-5-2-6-14-19(18)31-23)22(28)25-15-9-3-1-4-10-15/h15-17H,1-14H2,(H,25,28)(H,26,27)(H,29,30)/t16-,17+/m1/s1. The minimum Gasteiger partial charge on any atom is -0.481 e. The first-order valence-electron chi connectivity index (χ1n) is 12.0. The zero-order valence-electron chi connectivity index (χ0n) is 18.2.